The minimum Gasteiger partial charge on any atom is -0.340 e. The number of hydrogen-bond donors (Lipinski definition) is 8. The standard InChI is InChI=1S/C28H28Cl2N8O4S2/c1-15(23(39)35-37-27(43)33-21-11-7-19(29)8-12-21)31-25(41)17-3-5-18(6-4-17)26(42)32-16(2)24(40)36-38-28(44)34-22-13-9-20(30)10-14-22/h3-16H,1-2H3,(H,31,41)(H,32,42)(H,35,39)(H,36,40)(H2,33,37,43)(H2,34,38,44)/t15-,16-/m0/s1. The van der Waals surface area contributed by atoms with E-state index < -0.39 is 35.7 Å². The molecule has 4 amide bonds. The van der Waals surface area contributed by atoms with Crippen LogP contribution in [0.1, 0.15) is 34.6 Å². The van der Waals surface area contributed by atoms with Crippen LogP contribution in [0, 0.1) is 0 Å². The summed E-state index contributed by atoms with van der Waals surface area (Å²) >= 11 is 22.0. The van der Waals surface area contributed by atoms with E-state index in [0.717, 1.165) is 0 Å². The summed E-state index contributed by atoms with van der Waals surface area (Å²) in [5, 5.41) is 12.3. The Morgan fingerprint density at radius 1 is 0.545 bits per heavy atom. The first-order chi connectivity index (χ1) is 20.9. The Morgan fingerprint density at radius 3 is 1.18 bits per heavy atom. The molecule has 0 bridgehead atoms. The smallest absolute Gasteiger partial charge is 0.260 e. The third-order valence-electron chi connectivity index (χ3n) is 5.69. The van der Waals surface area contributed by atoms with Crippen molar-refractivity contribution < 1.29 is 19.2 Å². The second-order valence-corrected chi connectivity index (χ2v) is 10.8. The fourth-order valence-corrected chi connectivity index (χ4v) is 3.90. The molecule has 0 heterocycles. The average molecular weight is 676 g/mol. The molecule has 0 fully saturated rings. The molecule has 16 heteroatoms. The van der Waals surface area contributed by atoms with Gasteiger partial charge in [-0.1, -0.05) is 23.2 Å². The second-order valence-electron chi connectivity index (χ2n) is 9.12. The molecule has 0 aliphatic carbocycles. The van der Waals surface area contributed by atoms with Gasteiger partial charge in [-0.3, -0.25) is 40.9 Å². The Balaban J connectivity index is 1.40. The molecule has 0 saturated heterocycles. The predicted molar refractivity (Wildman–Crippen MR) is 178 cm³/mol. The molecule has 0 aliphatic rings. The second kappa shape index (κ2) is 16.4. The van der Waals surface area contributed by atoms with Crippen LogP contribution in [0.3, 0.4) is 0 Å². The minimum atomic E-state index is -0.918. The van der Waals surface area contributed by atoms with Gasteiger partial charge in [0.2, 0.25) is 0 Å². The molecule has 0 spiro atoms. The Hall–Kier alpha value is -4.50. The molecular formula is C28H28Cl2N8O4S2. The van der Waals surface area contributed by atoms with Crippen molar-refractivity contribution in [1.82, 2.24) is 32.3 Å². The van der Waals surface area contributed by atoms with Crippen LogP contribution in [-0.4, -0.2) is 45.9 Å². The lowest BCUT2D eigenvalue weighted by molar-refractivity contribution is -0.123. The first-order valence-corrected chi connectivity index (χ1v) is 14.4. The first-order valence-electron chi connectivity index (χ1n) is 12.9. The van der Waals surface area contributed by atoms with Crippen LogP contribution in [0.5, 0.6) is 0 Å². The molecule has 230 valence electrons. The van der Waals surface area contributed by atoms with E-state index in [9.17, 15) is 19.2 Å². The van der Waals surface area contributed by atoms with Gasteiger partial charge < -0.3 is 21.3 Å². The number of nitrogens with one attached hydrogen (secondary N) is 8. The van der Waals surface area contributed by atoms with Crippen molar-refractivity contribution >= 4 is 92.9 Å². The lowest BCUT2D eigenvalue weighted by Gasteiger charge is -2.17. The Kier molecular flexibility index (Phi) is 12.7. The molecule has 2 atom stereocenters. The monoisotopic (exact) mass is 674 g/mol. The summed E-state index contributed by atoms with van der Waals surface area (Å²) in [6.45, 7) is 2.99. The zero-order chi connectivity index (χ0) is 32.2. The van der Waals surface area contributed by atoms with E-state index in [4.69, 9.17) is 47.6 Å². The highest BCUT2D eigenvalue weighted by molar-refractivity contribution is 7.80. The maximum atomic E-state index is 12.6. The van der Waals surface area contributed by atoms with Crippen molar-refractivity contribution in [1.29, 1.82) is 0 Å². The Labute approximate surface area is 274 Å². The molecule has 0 saturated carbocycles. The zero-order valence-corrected chi connectivity index (χ0v) is 26.4. The number of hydrazine groups is 2. The van der Waals surface area contributed by atoms with Crippen molar-refractivity contribution in [2.45, 2.75) is 25.9 Å². The van der Waals surface area contributed by atoms with Gasteiger partial charge in [0, 0.05) is 32.5 Å². The maximum absolute atomic E-state index is 12.6. The summed E-state index contributed by atoms with van der Waals surface area (Å²) in [5.41, 5.74) is 11.7. The molecule has 44 heavy (non-hydrogen) atoms. The van der Waals surface area contributed by atoms with Crippen LogP contribution in [-0.2, 0) is 9.59 Å². The molecule has 0 unspecified atom stereocenters. The quantitative estimate of drug-likeness (QED) is 0.131. The van der Waals surface area contributed by atoms with E-state index in [1.165, 1.54) is 38.1 Å². The van der Waals surface area contributed by atoms with Crippen molar-refractivity contribution in [3.05, 3.63) is 94.0 Å². The van der Waals surface area contributed by atoms with Crippen molar-refractivity contribution in [3.63, 3.8) is 0 Å². The maximum Gasteiger partial charge on any atom is 0.260 e. The van der Waals surface area contributed by atoms with Crippen LogP contribution in [0.2, 0.25) is 10.0 Å². The molecule has 12 nitrogen and oxygen atoms in total. The van der Waals surface area contributed by atoms with Gasteiger partial charge in [0.1, 0.15) is 12.1 Å². The summed E-state index contributed by atoms with van der Waals surface area (Å²) in [5.74, 6) is -2.16. The molecule has 3 aromatic carbocycles. The van der Waals surface area contributed by atoms with Crippen molar-refractivity contribution in [3.8, 4) is 0 Å². The van der Waals surface area contributed by atoms with E-state index >= 15 is 0 Å². The number of benzene rings is 3. The third kappa shape index (κ3) is 11.0. The molecular weight excluding hydrogens is 647 g/mol. The Bertz CT molecular complexity index is 1410. The number of amides is 4. The van der Waals surface area contributed by atoms with Crippen LogP contribution in [0.4, 0.5) is 11.4 Å². The van der Waals surface area contributed by atoms with Gasteiger partial charge in [-0.2, -0.15) is 0 Å². The highest BCUT2D eigenvalue weighted by atomic mass is 35.5. The van der Waals surface area contributed by atoms with Crippen LogP contribution in [0.25, 0.3) is 0 Å². The number of thiocarbonyl (C=S) groups is 2. The van der Waals surface area contributed by atoms with Gasteiger partial charge in [-0.05, 0) is 111 Å². The van der Waals surface area contributed by atoms with Gasteiger partial charge in [-0.15, -0.1) is 0 Å². The van der Waals surface area contributed by atoms with E-state index in [-0.39, 0.29) is 21.4 Å². The molecule has 3 aromatic rings. The number of halogens is 2. The molecule has 0 aromatic heterocycles. The van der Waals surface area contributed by atoms with Gasteiger partial charge in [0.15, 0.2) is 10.2 Å². The van der Waals surface area contributed by atoms with Gasteiger partial charge in [-0.25, -0.2) is 0 Å². The normalized spacial score (nSPS) is 11.5. The predicted octanol–water partition coefficient (Wildman–Crippen LogP) is 3.27. The largest absolute Gasteiger partial charge is 0.340 e. The zero-order valence-electron chi connectivity index (χ0n) is 23.3. The lowest BCUT2D eigenvalue weighted by atomic mass is 10.1. The number of hydrogen-bond acceptors (Lipinski definition) is 6. The number of carbonyl (C=O) groups excluding carboxylic acids is 4. The fourth-order valence-electron chi connectivity index (χ4n) is 3.31. The highest BCUT2D eigenvalue weighted by Crippen LogP contribution is 2.14. The van der Waals surface area contributed by atoms with E-state index in [2.05, 4.69) is 43.0 Å². The highest BCUT2D eigenvalue weighted by Gasteiger charge is 2.19. The summed E-state index contributed by atoms with van der Waals surface area (Å²) in [4.78, 5) is 50.0. The van der Waals surface area contributed by atoms with E-state index in [0.29, 0.717) is 21.4 Å². The van der Waals surface area contributed by atoms with E-state index in [1.807, 2.05) is 0 Å². The lowest BCUT2D eigenvalue weighted by Crippen LogP contribution is -2.52. The van der Waals surface area contributed by atoms with Gasteiger partial charge in [0.25, 0.3) is 23.6 Å². The molecule has 3 rings (SSSR count). The number of rotatable bonds is 8. The minimum absolute atomic E-state index is 0.130. The van der Waals surface area contributed by atoms with Gasteiger partial charge in [0.05, 0.1) is 0 Å². The van der Waals surface area contributed by atoms with Crippen LogP contribution in [0.15, 0.2) is 72.8 Å². The number of carbonyl (C=O) groups is 4. The van der Waals surface area contributed by atoms with Crippen LogP contribution < -0.4 is 43.0 Å². The summed E-state index contributed by atoms with van der Waals surface area (Å²) < 4.78 is 0. The average Bonchev–Trinajstić information content (AvgIpc) is 3.00. The third-order valence-corrected chi connectivity index (χ3v) is 6.61. The van der Waals surface area contributed by atoms with E-state index in [1.54, 1.807) is 48.5 Å². The summed E-state index contributed by atoms with van der Waals surface area (Å²) in [7, 11) is 0. The fraction of sp³-hybridized carbons (Fsp3) is 0.143. The summed E-state index contributed by atoms with van der Waals surface area (Å²) in [6.07, 6.45) is 0. The summed E-state index contributed by atoms with van der Waals surface area (Å²) in [6, 6.07) is 17.4. The topological polar surface area (TPSA) is 165 Å². The van der Waals surface area contributed by atoms with Crippen LogP contribution >= 0.6 is 47.6 Å². The van der Waals surface area contributed by atoms with Gasteiger partial charge >= 0.3 is 0 Å². The molecule has 8 N–H and O–H groups in total. The first kappa shape index (κ1) is 34.0. The molecule has 0 aliphatic heterocycles. The number of anilines is 2. The molecule has 0 radical (unpaired) electrons. The Morgan fingerprint density at radius 2 is 0.864 bits per heavy atom. The SMILES string of the molecule is C[C@H](NC(=O)c1ccc(C(=O)N[C@@H](C)C(=O)NNC(=S)Nc2ccc(Cl)cc2)cc1)C(=O)NNC(=S)Nc1ccc(Cl)cc1. The van der Waals surface area contributed by atoms with Crippen molar-refractivity contribution in [2.75, 3.05) is 10.6 Å². The van der Waals surface area contributed by atoms with Crippen molar-refractivity contribution in [2.24, 2.45) is 0 Å².